The van der Waals surface area contributed by atoms with Gasteiger partial charge in [-0.2, -0.15) is 0 Å². The van der Waals surface area contributed by atoms with Crippen LogP contribution < -0.4 is 5.32 Å². The third-order valence-electron chi connectivity index (χ3n) is 4.47. The fourth-order valence-electron chi connectivity index (χ4n) is 3.28. The lowest BCUT2D eigenvalue weighted by Crippen LogP contribution is -2.45. The minimum Gasteiger partial charge on any atom is -0.314 e. The zero-order chi connectivity index (χ0) is 16.8. The highest BCUT2D eigenvalue weighted by atomic mass is 35.5. The van der Waals surface area contributed by atoms with Crippen LogP contribution in [0, 0.1) is 0 Å². The largest absolute Gasteiger partial charge is 0.314 e. The lowest BCUT2D eigenvalue weighted by molar-refractivity contribution is 0.163. The van der Waals surface area contributed by atoms with Gasteiger partial charge in [0.05, 0.1) is 0 Å². The summed E-state index contributed by atoms with van der Waals surface area (Å²) in [5, 5.41) is 4.25. The Morgan fingerprint density at radius 2 is 1.69 bits per heavy atom. The molecule has 0 amide bonds. The van der Waals surface area contributed by atoms with Crippen molar-refractivity contribution in [2.24, 2.45) is 0 Å². The molecule has 2 aromatic rings. The third-order valence-corrected chi connectivity index (χ3v) is 5.83. The predicted octanol–water partition coefficient (Wildman–Crippen LogP) is 6.08. The summed E-state index contributed by atoms with van der Waals surface area (Å²) in [6, 6.07) is 17.5. The minimum absolute atomic E-state index is 0. The molecule has 26 heavy (non-hydrogen) atoms. The molecular weight excluding hydrogens is 407 g/mol. The average molecular weight is 434 g/mol. The highest BCUT2D eigenvalue weighted by molar-refractivity contribution is 7.99. The average Bonchev–Trinajstić information content (AvgIpc) is 2.63. The van der Waals surface area contributed by atoms with E-state index in [4.69, 9.17) is 11.6 Å². The maximum atomic E-state index is 6.02. The van der Waals surface area contributed by atoms with Crippen molar-refractivity contribution in [1.82, 2.24) is 10.2 Å². The summed E-state index contributed by atoms with van der Waals surface area (Å²) in [5.41, 5.74) is 1.46. The second-order valence-electron chi connectivity index (χ2n) is 6.18. The molecule has 0 radical (unpaired) electrons. The molecule has 1 fully saturated rings. The molecule has 6 heteroatoms. The van der Waals surface area contributed by atoms with Crippen molar-refractivity contribution >= 4 is 48.2 Å². The Labute approximate surface area is 178 Å². The monoisotopic (exact) mass is 432 g/mol. The number of benzene rings is 2. The van der Waals surface area contributed by atoms with E-state index >= 15 is 0 Å². The standard InChI is InChI=1S/C20H25ClN2S.2ClH/c1-2-5-19(23-14-12-22-13-15-23)18-6-3-4-7-20(18)24-17-10-8-16(21)9-11-17;;/h3-4,6-11,19,22H,2,5,12-15H2,1H3;2*1H/t19-;;/m1../s1. The van der Waals surface area contributed by atoms with Crippen molar-refractivity contribution in [1.29, 1.82) is 0 Å². The topological polar surface area (TPSA) is 15.3 Å². The van der Waals surface area contributed by atoms with Crippen LogP contribution in [-0.2, 0) is 0 Å². The lowest BCUT2D eigenvalue weighted by atomic mass is 10.00. The van der Waals surface area contributed by atoms with Crippen molar-refractivity contribution < 1.29 is 0 Å². The molecule has 1 aliphatic rings. The van der Waals surface area contributed by atoms with Gasteiger partial charge in [-0.1, -0.05) is 54.9 Å². The molecule has 0 unspecified atom stereocenters. The summed E-state index contributed by atoms with van der Waals surface area (Å²) >= 11 is 7.86. The fraction of sp³-hybridized carbons (Fsp3) is 0.400. The molecule has 1 saturated heterocycles. The maximum Gasteiger partial charge on any atom is 0.0406 e. The lowest BCUT2D eigenvalue weighted by Gasteiger charge is -2.36. The van der Waals surface area contributed by atoms with Crippen LogP contribution in [0.2, 0.25) is 5.02 Å². The van der Waals surface area contributed by atoms with Gasteiger partial charge in [0.2, 0.25) is 0 Å². The van der Waals surface area contributed by atoms with Gasteiger partial charge < -0.3 is 5.32 Å². The first-order chi connectivity index (χ1) is 11.8. The van der Waals surface area contributed by atoms with Crippen LogP contribution in [0.4, 0.5) is 0 Å². The first-order valence-corrected chi connectivity index (χ1v) is 9.94. The van der Waals surface area contributed by atoms with Crippen LogP contribution in [0.3, 0.4) is 0 Å². The van der Waals surface area contributed by atoms with Crippen molar-refractivity contribution in [2.45, 2.75) is 35.6 Å². The Morgan fingerprint density at radius 3 is 2.35 bits per heavy atom. The van der Waals surface area contributed by atoms with E-state index in [1.165, 1.54) is 28.2 Å². The number of hydrogen-bond acceptors (Lipinski definition) is 3. The summed E-state index contributed by atoms with van der Waals surface area (Å²) in [4.78, 5) is 5.24. The molecule has 0 bridgehead atoms. The minimum atomic E-state index is 0. The highest BCUT2D eigenvalue weighted by Crippen LogP contribution is 2.37. The summed E-state index contributed by atoms with van der Waals surface area (Å²) in [6.45, 7) is 6.72. The molecule has 1 aliphatic heterocycles. The van der Waals surface area contributed by atoms with E-state index in [1.54, 1.807) is 0 Å². The van der Waals surface area contributed by atoms with E-state index in [9.17, 15) is 0 Å². The molecular formula is C20H27Cl3N2S. The van der Waals surface area contributed by atoms with Gasteiger partial charge in [-0.3, -0.25) is 4.90 Å². The molecule has 1 N–H and O–H groups in total. The van der Waals surface area contributed by atoms with Gasteiger partial charge in [-0.15, -0.1) is 24.8 Å². The fourth-order valence-corrected chi connectivity index (χ4v) is 4.40. The van der Waals surface area contributed by atoms with Gasteiger partial charge in [0.15, 0.2) is 0 Å². The Hall–Kier alpha value is -0.420. The molecule has 0 spiro atoms. The summed E-state index contributed by atoms with van der Waals surface area (Å²) in [5.74, 6) is 0. The van der Waals surface area contributed by atoms with Gasteiger partial charge in [0.25, 0.3) is 0 Å². The Bertz CT molecular complexity index is 646. The van der Waals surface area contributed by atoms with Gasteiger partial charge in [-0.25, -0.2) is 0 Å². The summed E-state index contributed by atoms with van der Waals surface area (Å²) in [6.07, 6.45) is 2.41. The molecule has 0 saturated carbocycles. The third kappa shape index (κ3) is 6.33. The van der Waals surface area contributed by atoms with Crippen LogP contribution in [0.25, 0.3) is 0 Å². The number of piperazine rings is 1. The molecule has 1 atom stereocenters. The summed E-state index contributed by atoms with van der Waals surface area (Å²) < 4.78 is 0. The van der Waals surface area contributed by atoms with Crippen LogP contribution in [0.1, 0.15) is 31.4 Å². The molecule has 1 heterocycles. The van der Waals surface area contributed by atoms with E-state index in [0.29, 0.717) is 6.04 Å². The van der Waals surface area contributed by atoms with E-state index in [1.807, 2.05) is 23.9 Å². The Kier molecular flexibility index (Phi) is 11.0. The second-order valence-corrected chi connectivity index (χ2v) is 7.74. The van der Waals surface area contributed by atoms with Gasteiger partial charge in [0, 0.05) is 47.0 Å². The number of nitrogens with zero attached hydrogens (tertiary/aromatic N) is 1. The quantitative estimate of drug-likeness (QED) is 0.594. The van der Waals surface area contributed by atoms with Crippen LogP contribution in [0.15, 0.2) is 58.3 Å². The first-order valence-electron chi connectivity index (χ1n) is 8.75. The summed E-state index contributed by atoms with van der Waals surface area (Å²) in [7, 11) is 0. The zero-order valence-electron chi connectivity index (χ0n) is 15.0. The van der Waals surface area contributed by atoms with Gasteiger partial charge in [0.1, 0.15) is 0 Å². The second kappa shape index (κ2) is 12.1. The van der Waals surface area contributed by atoms with Crippen molar-refractivity contribution in [3.8, 4) is 0 Å². The smallest absolute Gasteiger partial charge is 0.0406 e. The van der Waals surface area contributed by atoms with Gasteiger partial charge in [-0.05, 0) is 42.3 Å². The van der Waals surface area contributed by atoms with Crippen molar-refractivity contribution in [2.75, 3.05) is 26.2 Å². The van der Waals surface area contributed by atoms with Crippen LogP contribution in [0.5, 0.6) is 0 Å². The molecule has 2 nitrogen and oxygen atoms in total. The molecule has 144 valence electrons. The Balaban J connectivity index is 0.00000169. The van der Waals surface area contributed by atoms with Gasteiger partial charge >= 0.3 is 0 Å². The maximum absolute atomic E-state index is 6.02. The number of rotatable bonds is 6. The Morgan fingerprint density at radius 1 is 1.04 bits per heavy atom. The first kappa shape index (κ1) is 23.6. The number of nitrogens with one attached hydrogen (secondary N) is 1. The van der Waals surface area contributed by atoms with E-state index < -0.39 is 0 Å². The van der Waals surface area contributed by atoms with E-state index in [-0.39, 0.29) is 24.8 Å². The predicted molar refractivity (Wildman–Crippen MR) is 119 cm³/mol. The zero-order valence-corrected chi connectivity index (χ0v) is 18.2. The number of hydrogen-bond donors (Lipinski definition) is 1. The normalized spacial score (nSPS) is 15.6. The highest BCUT2D eigenvalue weighted by Gasteiger charge is 2.23. The van der Waals surface area contributed by atoms with E-state index in [2.05, 4.69) is 53.5 Å². The molecule has 3 rings (SSSR count). The SMILES string of the molecule is CCC[C@H](c1ccccc1Sc1ccc(Cl)cc1)N1CCNCC1.Cl.Cl. The molecule has 2 aromatic carbocycles. The van der Waals surface area contributed by atoms with Crippen LogP contribution in [-0.4, -0.2) is 31.1 Å². The number of halogens is 3. The molecule has 0 aromatic heterocycles. The van der Waals surface area contributed by atoms with Crippen LogP contribution >= 0.6 is 48.2 Å². The van der Waals surface area contributed by atoms with Crippen molar-refractivity contribution in [3.63, 3.8) is 0 Å². The van der Waals surface area contributed by atoms with Crippen molar-refractivity contribution in [3.05, 3.63) is 59.1 Å². The molecule has 0 aliphatic carbocycles. The van der Waals surface area contributed by atoms with E-state index in [0.717, 1.165) is 31.2 Å².